The van der Waals surface area contributed by atoms with Crippen LogP contribution in [-0.2, 0) is 4.43 Å². The first-order chi connectivity index (χ1) is 21.4. The predicted molar refractivity (Wildman–Crippen MR) is 177 cm³/mol. The Hall–Kier alpha value is -4.96. The predicted octanol–water partition coefficient (Wildman–Crippen LogP) is 5.63. The average molecular weight is 657 g/mol. The molecule has 2 aromatic carbocycles. The van der Waals surface area contributed by atoms with E-state index in [-0.39, 0.29) is 64.3 Å². The van der Waals surface area contributed by atoms with Gasteiger partial charge in [0.15, 0.2) is 14.0 Å². The second-order valence-electron chi connectivity index (χ2n) is 12.1. The molecule has 0 saturated heterocycles. The van der Waals surface area contributed by atoms with Gasteiger partial charge in [-0.15, -0.1) is 0 Å². The summed E-state index contributed by atoms with van der Waals surface area (Å²) in [7, 11) is -1.96. The van der Waals surface area contributed by atoms with Crippen LogP contribution in [-0.4, -0.2) is 56.3 Å². The van der Waals surface area contributed by atoms with Crippen molar-refractivity contribution in [3.63, 3.8) is 0 Å². The van der Waals surface area contributed by atoms with Crippen molar-refractivity contribution in [1.82, 2.24) is 0 Å². The first-order valence-electron chi connectivity index (χ1n) is 14.5. The third-order valence-corrected chi connectivity index (χ3v) is 12.2. The second-order valence-corrected chi connectivity index (χ2v) is 16.9. The zero-order valence-electron chi connectivity index (χ0n) is 26.7. The Balaban J connectivity index is 1.74. The van der Waals surface area contributed by atoms with Crippen LogP contribution in [0.25, 0.3) is 11.0 Å². The number of hydrogen-bond donors (Lipinski definition) is 4. The number of nitrogens with zero attached hydrogens (tertiary/aromatic N) is 2. The summed E-state index contributed by atoms with van der Waals surface area (Å²) < 4.78 is 17.6. The van der Waals surface area contributed by atoms with Gasteiger partial charge in [0.25, 0.3) is 17.3 Å². The molecule has 0 radical (unpaired) electrons. The highest BCUT2D eigenvalue weighted by molar-refractivity contribution is 6.74. The number of benzene rings is 2. The molecule has 46 heavy (non-hydrogen) atoms. The van der Waals surface area contributed by atoms with Crippen molar-refractivity contribution >= 4 is 53.9 Å². The van der Waals surface area contributed by atoms with Crippen molar-refractivity contribution in [1.29, 1.82) is 0 Å². The van der Waals surface area contributed by atoms with Crippen LogP contribution in [0.15, 0.2) is 40.8 Å². The first-order valence-corrected chi connectivity index (χ1v) is 17.4. The molecule has 1 aromatic heterocycles. The standard InChI is InChI=1S/C30H40N6O9Si/c1-18-14-20-25(23(36(41)42)17-21(29(32)38)27(20)45-18)33-10-7-8-11-34-26-22(35(39)40)15-19(28(31)37)16-24(26)43-12-9-13-44-46(5,6)30(2,3)4/h7-8,14-17,33-34H,9-13H2,1-6H3,(H2,31,37)(H2,32,38)/b8-7+. The van der Waals surface area contributed by atoms with Crippen LogP contribution in [0.1, 0.15) is 53.7 Å². The quantitative estimate of drug-likeness (QED) is 0.0485. The van der Waals surface area contributed by atoms with Gasteiger partial charge in [-0.05, 0) is 37.2 Å². The van der Waals surface area contributed by atoms with Crippen molar-refractivity contribution < 1.29 is 33.0 Å². The summed E-state index contributed by atoms with van der Waals surface area (Å²) in [6.07, 6.45) is 3.82. The number of nitro benzene ring substituents is 2. The molecule has 0 aliphatic rings. The van der Waals surface area contributed by atoms with Gasteiger partial charge in [-0.25, -0.2) is 0 Å². The van der Waals surface area contributed by atoms with Gasteiger partial charge in [0.05, 0.1) is 27.4 Å². The molecule has 0 aliphatic carbocycles. The Morgan fingerprint density at radius 1 is 0.935 bits per heavy atom. The van der Waals surface area contributed by atoms with E-state index in [4.69, 9.17) is 25.0 Å². The number of carbonyl (C=O) groups excluding carboxylic acids is 2. The largest absolute Gasteiger partial charge is 0.491 e. The minimum Gasteiger partial charge on any atom is -0.491 e. The van der Waals surface area contributed by atoms with Gasteiger partial charge < -0.3 is 35.7 Å². The summed E-state index contributed by atoms with van der Waals surface area (Å²) in [5.41, 5.74) is 10.2. The van der Waals surface area contributed by atoms with E-state index in [0.29, 0.717) is 24.2 Å². The van der Waals surface area contributed by atoms with Crippen LogP contribution in [0.2, 0.25) is 18.1 Å². The average Bonchev–Trinajstić information content (AvgIpc) is 3.34. The van der Waals surface area contributed by atoms with Crippen molar-refractivity contribution in [2.24, 2.45) is 11.5 Å². The fraction of sp³-hybridized carbons (Fsp3) is 0.400. The maximum atomic E-state index is 11.9. The zero-order valence-corrected chi connectivity index (χ0v) is 27.7. The number of carbonyl (C=O) groups is 2. The lowest BCUT2D eigenvalue weighted by Gasteiger charge is -2.36. The molecule has 248 valence electrons. The van der Waals surface area contributed by atoms with Gasteiger partial charge in [0.2, 0.25) is 5.91 Å². The molecule has 3 aromatic rings. The third kappa shape index (κ3) is 8.39. The molecule has 0 fully saturated rings. The van der Waals surface area contributed by atoms with E-state index in [0.717, 1.165) is 12.1 Å². The summed E-state index contributed by atoms with van der Waals surface area (Å²) in [6.45, 7) is 13.2. The van der Waals surface area contributed by atoms with Crippen molar-refractivity contribution in [3.8, 4) is 5.75 Å². The van der Waals surface area contributed by atoms with E-state index < -0.39 is 35.7 Å². The summed E-state index contributed by atoms with van der Waals surface area (Å²) in [5.74, 6) is -1.18. The number of amides is 2. The molecule has 6 N–H and O–H groups in total. The lowest BCUT2D eigenvalue weighted by molar-refractivity contribution is -0.384. The lowest BCUT2D eigenvalue weighted by atomic mass is 10.1. The molecule has 2 amide bonds. The molecule has 0 atom stereocenters. The molecule has 0 spiro atoms. The lowest BCUT2D eigenvalue weighted by Crippen LogP contribution is -2.41. The van der Waals surface area contributed by atoms with Crippen LogP contribution in [0, 0.1) is 27.2 Å². The molecule has 0 aliphatic heterocycles. The number of hydrogen-bond acceptors (Lipinski definition) is 11. The Bertz CT molecular complexity index is 1680. The van der Waals surface area contributed by atoms with E-state index in [1.54, 1.807) is 25.1 Å². The third-order valence-electron chi connectivity index (χ3n) is 7.71. The topological polar surface area (TPSA) is 228 Å². The van der Waals surface area contributed by atoms with Crippen molar-refractivity contribution in [2.75, 3.05) is 36.9 Å². The first kappa shape index (κ1) is 35.5. The number of rotatable bonds is 16. The Morgan fingerprint density at radius 2 is 1.52 bits per heavy atom. The number of primary amides is 2. The minimum absolute atomic E-state index is 0.0409. The maximum absolute atomic E-state index is 11.9. The number of ether oxygens (including phenoxy) is 1. The number of nitrogens with one attached hydrogen (secondary N) is 2. The van der Waals surface area contributed by atoms with Crippen LogP contribution in [0.4, 0.5) is 22.7 Å². The number of anilines is 2. The number of aryl methyl sites for hydroxylation is 1. The van der Waals surface area contributed by atoms with E-state index in [1.165, 1.54) is 6.07 Å². The maximum Gasteiger partial charge on any atom is 0.296 e. The normalized spacial score (nSPS) is 12.0. The monoisotopic (exact) mass is 656 g/mol. The van der Waals surface area contributed by atoms with Gasteiger partial charge in [-0.2, -0.15) is 0 Å². The molecule has 3 rings (SSSR count). The van der Waals surface area contributed by atoms with E-state index in [9.17, 15) is 29.8 Å². The van der Waals surface area contributed by atoms with E-state index >= 15 is 0 Å². The zero-order chi connectivity index (χ0) is 34.4. The Kier molecular flexibility index (Phi) is 11.1. The second kappa shape index (κ2) is 14.4. The molecule has 16 heteroatoms. The molecular formula is C30H40N6O9Si. The smallest absolute Gasteiger partial charge is 0.296 e. The highest BCUT2D eigenvalue weighted by atomic mass is 28.4. The van der Waals surface area contributed by atoms with Crippen LogP contribution in [0.3, 0.4) is 0 Å². The number of furan rings is 1. The summed E-state index contributed by atoms with van der Waals surface area (Å²) in [5, 5.41) is 30.0. The summed E-state index contributed by atoms with van der Waals surface area (Å²) in [4.78, 5) is 46.2. The fourth-order valence-corrected chi connectivity index (χ4v) is 5.36. The van der Waals surface area contributed by atoms with E-state index in [1.807, 2.05) is 0 Å². The van der Waals surface area contributed by atoms with Crippen molar-refractivity contribution in [2.45, 2.75) is 52.2 Å². The number of fused-ring (bicyclic) bond motifs is 1. The van der Waals surface area contributed by atoms with E-state index in [2.05, 4.69) is 44.5 Å². The number of nitro groups is 2. The number of nitrogens with two attached hydrogens (primary N) is 2. The molecule has 1 heterocycles. The summed E-state index contributed by atoms with van der Waals surface area (Å²) >= 11 is 0. The Morgan fingerprint density at radius 3 is 2.07 bits per heavy atom. The summed E-state index contributed by atoms with van der Waals surface area (Å²) in [6, 6.07) is 5.07. The van der Waals surface area contributed by atoms with Gasteiger partial charge in [-0.1, -0.05) is 32.9 Å². The fourth-order valence-electron chi connectivity index (χ4n) is 4.28. The van der Waals surface area contributed by atoms with Gasteiger partial charge in [-0.3, -0.25) is 29.8 Å². The highest BCUT2D eigenvalue weighted by Crippen LogP contribution is 2.39. The minimum atomic E-state index is -1.96. The molecule has 0 saturated carbocycles. The van der Waals surface area contributed by atoms with Gasteiger partial charge >= 0.3 is 0 Å². The SMILES string of the molecule is Cc1cc2c(NC/C=C/CNc3c(OCCCO[Si](C)(C)C(C)(C)C)cc(C(N)=O)cc3[N+](=O)[O-])c([N+](=O)[O-])cc(C(N)=O)c2o1. The Labute approximate surface area is 266 Å². The highest BCUT2D eigenvalue weighted by Gasteiger charge is 2.36. The van der Waals surface area contributed by atoms with Gasteiger partial charge in [0, 0.05) is 43.8 Å². The molecule has 15 nitrogen and oxygen atoms in total. The van der Waals surface area contributed by atoms with Gasteiger partial charge in [0.1, 0.15) is 22.8 Å². The van der Waals surface area contributed by atoms with Crippen LogP contribution < -0.4 is 26.8 Å². The van der Waals surface area contributed by atoms with Crippen molar-refractivity contribution in [3.05, 3.63) is 73.5 Å². The molecule has 0 bridgehead atoms. The molecule has 0 unspecified atom stereocenters. The van der Waals surface area contributed by atoms with Crippen LogP contribution in [0.5, 0.6) is 5.75 Å². The molecular weight excluding hydrogens is 616 g/mol. The van der Waals surface area contributed by atoms with Crippen LogP contribution >= 0.6 is 0 Å².